The number of benzene rings is 1. The summed E-state index contributed by atoms with van der Waals surface area (Å²) in [5.41, 5.74) is 6.29. The van der Waals surface area contributed by atoms with Crippen LogP contribution in [0.2, 0.25) is 0 Å². The van der Waals surface area contributed by atoms with Crippen LogP contribution in [0.5, 0.6) is 0 Å². The molecule has 1 aromatic heterocycles. The Morgan fingerprint density at radius 2 is 2.05 bits per heavy atom. The highest BCUT2D eigenvalue weighted by Crippen LogP contribution is 2.21. The van der Waals surface area contributed by atoms with Gasteiger partial charge in [0.15, 0.2) is 0 Å². The molecule has 0 saturated heterocycles. The van der Waals surface area contributed by atoms with E-state index >= 15 is 0 Å². The number of nitrogens with two attached hydrogens (primary N) is 1. The molecule has 1 heterocycles. The summed E-state index contributed by atoms with van der Waals surface area (Å²) in [5, 5.41) is 0.746. The van der Waals surface area contributed by atoms with Gasteiger partial charge in [-0.05, 0) is 36.8 Å². The van der Waals surface area contributed by atoms with Crippen LogP contribution >= 0.6 is 0 Å². The van der Waals surface area contributed by atoms with Gasteiger partial charge in [0.2, 0.25) is 10.0 Å². The van der Waals surface area contributed by atoms with Gasteiger partial charge in [-0.15, -0.1) is 0 Å². The Morgan fingerprint density at radius 3 is 2.76 bits per heavy atom. The van der Waals surface area contributed by atoms with Gasteiger partial charge in [0.25, 0.3) is 0 Å². The zero-order chi connectivity index (χ0) is 15.5. The Morgan fingerprint density at radius 1 is 1.29 bits per heavy atom. The van der Waals surface area contributed by atoms with Crippen molar-refractivity contribution in [2.75, 3.05) is 33.0 Å². The highest BCUT2D eigenvalue weighted by molar-refractivity contribution is 7.89. The van der Waals surface area contributed by atoms with Crippen molar-refractivity contribution in [3.8, 4) is 0 Å². The number of ether oxygens (including phenoxy) is 1. The minimum absolute atomic E-state index is 0.251. The Bertz CT molecular complexity index is 731. The van der Waals surface area contributed by atoms with E-state index in [1.807, 2.05) is 0 Å². The highest BCUT2D eigenvalue weighted by atomic mass is 32.2. The minimum Gasteiger partial charge on any atom is -0.385 e. The third-order valence-corrected chi connectivity index (χ3v) is 5.06. The van der Waals surface area contributed by atoms with Crippen molar-refractivity contribution >= 4 is 26.7 Å². The van der Waals surface area contributed by atoms with Crippen LogP contribution in [0.1, 0.15) is 6.42 Å². The molecular formula is C14H19N3O3S. The summed E-state index contributed by atoms with van der Waals surface area (Å²) in [7, 11) is -0.343. The molecule has 2 aromatic rings. The first kappa shape index (κ1) is 15.7. The topological polar surface area (TPSA) is 85.5 Å². The number of hydrogen-bond acceptors (Lipinski definition) is 5. The summed E-state index contributed by atoms with van der Waals surface area (Å²) in [6, 6.07) is 8.26. The second kappa shape index (κ2) is 6.38. The summed E-state index contributed by atoms with van der Waals surface area (Å²) in [6.07, 6.45) is 0.651. The first-order chi connectivity index (χ1) is 9.95. The van der Waals surface area contributed by atoms with Crippen molar-refractivity contribution in [1.29, 1.82) is 0 Å². The van der Waals surface area contributed by atoms with E-state index < -0.39 is 10.0 Å². The molecule has 0 amide bonds. The summed E-state index contributed by atoms with van der Waals surface area (Å²) in [6.45, 7) is 0.939. The molecule has 6 nitrogen and oxygen atoms in total. The predicted molar refractivity (Wildman–Crippen MR) is 82.5 cm³/mol. The third kappa shape index (κ3) is 3.49. The van der Waals surface area contributed by atoms with E-state index in [0.29, 0.717) is 30.9 Å². The van der Waals surface area contributed by atoms with Gasteiger partial charge in [-0.2, -0.15) is 0 Å². The fourth-order valence-electron chi connectivity index (χ4n) is 2.01. The molecule has 0 aliphatic rings. The second-order valence-electron chi connectivity index (χ2n) is 4.76. The number of aromatic nitrogens is 1. The van der Waals surface area contributed by atoms with Crippen LogP contribution in [0.4, 0.5) is 5.82 Å². The van der Waals surface area contributed by atoms with Gasteiger partial charge >= 0.3 is 0 Å². The fraction of sp³-hybridized carbons (Fsp3) is 0.357. The quantitative estimate of drug-likeness (QED) is 0.817. The molecule has 0 radical (unpaired) electrons. The molecule has 21 heavy (non-hydrogen) atoms. The third-order valence-electron chi connectivity index (χ3n) is 3.21. The predicted octanol–water partition coefficient (Wildman–Crippen LogP) is 1.47. The molecule has 0 aliphatic carbocycles. The number of nitrogens with zero attached hydrogens (tertiary/aromatic N) is 2. The van der Waals surface area contributed by atoms with E-state index in [-0.39, 0.29) is 4.90 Å². The minimum atomic E-state index is -3.50. The number of fused-ring (bicyclic) bond motifs is 1. The summed E-state index contributed by atoms with van der Waals surface area (Å²) in [5.74, 6) is 0.412. The van der Waals surface area contributed by atoms with E-state index in [9.17, 15) is 8.42 Å². The monoisotopic (exact) mass is 309 g/mol. The largest absolute Gasteiger partial charge is 0.385 e. The Hall–Kier alpha value is -1.70. The van der Waals surface area contributed by atoms with Crippen molar-refractivity contribution in [1.82, 2.24) is 9.29 Å². The molecule has 114 valence electrons. The summed E-state index contributed by atoms with van der Waals surface area (Å²) in [4.78, 5) is 4.41. The normalized spacial score (nSPS) is 12.1. The maximum Gasteiger partial charge on any atom is 0.242 e. The van der Waals surface area contributed by atoms with Crippen molar-refractivity contribution in [3.63, 3.8) is 0 Å². The molecular weight excluding hydrogens is 290 g/mol. The average Bonchev–Trinajstić information content (AvgIpc) is 2.46. The summed E-state index contributed by atoms with van der Waals surface area (Å²) >= 11 is 0. The molecule has 0 bridgehead atoms. The number of nitrogen functional groups attached to an aromatic ring is 1. The maximum atomic E-state index is 12.5. The lowest BCUT2D eigenvalue weighted by molar-refractivity contribution is 0.189. The van der Waals surface area contributed by atoms with Crippen LogP contribution in [0, 0.1) is 0 Å². The second-order valence-corrected chi connectivity index (χ2v) is 6.81. The smallest absolute Gasteiger partial charge is 0.242 e. The van der Waals surface area contributed by atoms with E-state index in [0.717, 1.165) is 5.39 Å². The molecule has 0 fully saturated rings. The van der Waals surface area contributed by atoms with Gasteiger partial charge < -0.3 is 10.5 Å². The van der Waals surface area contributed by atoms with Crippen LogP contribution in [0.3, 0.4) is 0 Å². The molecule has 0 aliphatic heterocycles. The zero-order valence-electron chi connectivity index (χ0n) is 12.1. The van der Waals surface area contributed by atoms with E-state index in [4.69, 9.17) is 10.5 Å². The van der Waals surface area contributed by atoms with Crippen LogP contribution in [-0.4, -0.2) is 45.0 Å². The van der Waals surface area contributed by atoms with Crippen molar-refractivity contribution in [2.45, 2.75) is 11.3 Å². The lowest BCUT2D eigenvalue weighted by Crippen LogP contribution is -2.28. The van der Waals surface area contributed by atoms with E-state index in [1.54, 1.807) is 44.5 Å². The maximum absolute atomic E-state index is 12.5. The molecule has 7 heteroatoms. The van der Waals surface area contributed by atoms with Crippen molar-refractivity contribution < 1.29 is 13.2 Å². The van der Waals surface area contributed by atoms with Crippen molar-refractivity contribution in [3.05, 3.63) is 30.3 Å². The lowest BCUT2D eigenvalue weighted by Gasteiger charge is -2.17. The molecule has 0 spiro atoms. The SMILES string of the molecule is COCCCN(C)S(=O)(=O)c1ccc2nc(N)ccc2c1. The number of rotatable bonds is 6. The molecule has 1 aromatic carbocycles. The number of methoxy groups -OCH3 is 1. The van der Waals surface area contributed by atoms with Crippen LogP contribution in [-0.2, 0) is 14.8 Å². The first-order valence-corrected chi connectivity index (χ1v) is 8.01. The number of anilines is 1. The van der Waals surface area contributed by atoms with E-state index in [1.165, 1.54) is 4.31 Å². The van der Waals surface area contributed by atoms with Gasteiger partial charge in [0, 0.05) is 32.7 Å². The standard InChI is InChI=1S/C14H19N3O3S/c1-17(8-3-9-20-2)21(18,19)12-5-6-13-11(10-12)4-7-14(15)16-13/h4-7,10H,3,8-9H2,1-2H3,(H2,15,16). The first-order valence-electron chi connectivity index (χ1n) is 6.57. The molecule has 2 N–H and O–H groups in total. The van der Waals surface area contributed by atoms with Gasteiger partial charge in [0.1, 0.15) is 5.82 Å². The Balaban J connectivity index is 2.29. The van der Waals surface area contributed by atoms with Gasteiger partial charge in [-0.25, -0.2) is 17.7 Å². The van der Waals surface area contributed by atoms with Gasteiger partial charge in [-0.1, -0.05) is 0 Å². The highest BCUT2D eigenvalue weighted by Gasteiger charge is 2.20. The number of hydrogen-bond donors (Lipinski definition) is 1. The fourth-order valence-corrected chi connectivity index (χ4v) is 3.26. The van der Waals surface area contributed by atoms with Crippen LogP contribution < -0.4 is 5.73 Å². The number of pyridine rings is 1. The van der Waals surface area contributed by atoms with E-state index in [2.05, 4.69) is 4.98 Å². The molecule has 0 atom stereocenters. The Labute approximate surface area is 124 Å². The summed E-state index contributed by atoms with van der Waals surface area (Å²) < 4.78 is 31.2. The van der Waals surface area contributed by atoms with Crippen LogP contribution in [0.25, 0.3) is 10.9 Å². The van der Waals surface area contributed by atoms with Gasteiger partial charge in [0.05, 0.1) is 10.4 Å². The lowest BCUT2D eigenvalue weighted by atomic mass is 10.2. The molecule has 0 unspecified atom stereocenters. The zero-order valence-corrected chi connectivity index (χ0v) is 12.9. The number of sulfonamides is 1. The molecule has 0 saturated carbocycles. The molecule has 2 rings (SSSR count). The average molecular weight is 309 g/mol. The van der Waals surface area contributed by atoms with Gasteiger partial charge in [-0.3, -0.25) is 0 Å². The Kier molecular flexibility index (Phi) is 4.76. The van der Waals surface area contributed by atoms with Crippen LogP contribution in [0.15, 0.2) is 35.2 Å². The van der Waals surface area contributed by atoms with Crippen molar-refractivity contribution in [2.24, 2.45) is 0 Å².